The van der Waals surface area contributed by atoms with Crippen LogP contribution in [0, 0.1) is 6.92 Å². The third kappa shape index (κ3) is 6.64. The number of aryl methyl sites for hydroxylation is 1. The summed E-state index contributed by atoms with van der Waals surface area (Å²) >= 11 is 0. The smallest absolute Gasteiger partial charge is 0.329 e. The molecule has 0 bridgehead atoms. The van der Waals surface area contributed by atoms with Gasteiger partial charge >= 0.3 is 6.03 Å². The van der Waals surface area contributed by atoms with Crippen molar-refractivity contribution < 1.29 is 17.9 Å². The normalized spacial score (nSPS) is 12.2. The van der Waals surface area contributed by atoms with Crippen molar-refractivity contribution in [1.82, 2.24) is 10.0 Å². The maximum atomic E-state index is 12.7. The first-order chi connectivity index (χ1) is 11.8. The molecule has 1 rings (SSSR count). The molecule has 0 radical (unpaired) electrons. The van der Waals surface area contributed by atoms with Crippen LogP contribution in [0.4, 0.5) is 4.79 Å². The molecule has 0 spiro atoms. The van der Waals surface area contributed by atoms with Crippen molar-refractivity contribution in [2.45, 2.75) is 38.1 Å². The Labute approximate surface area is 154 Å². The van der Waals surface area contributed by atoms with Crippen LogP contribution in [0.15, 0.2) is 59.9 Å². The molecule has 0 aliphatic heterocycles. The maximum absolute atomic E-state index is 12.7. The van der Waals surface area contributed by atoms with Crippen LogP contribution in [-0.4, -0.2) is 20.0 Å². The highest BCUT2D eigenvalue weighted by Crippen LogP contribution is 2.27. The monoisotopic (exact) mass is 379 g/mol. The van der Waals surface area contributed by atoms with Crippen molar-refractivity contribution in [3.05, 3.63) is 60.5 Å². The molecule has 142 valence electrons. The minimum absolute atomic E-state index is 0.0269. The van der Waals surface area contributed by atoms with Gasteiger partial charge in [-0.25, -0.2) is 17.9 Å². The Bertz CT molecular complexity index is 850. The number of ether oxygens (including phenoxy) is 1. The minimum atomic E-state index is -4.17. The van der Waals surface area contributed by atoms with Gasteiger partial charge in [-0.2, -0.15) is 0 Å². The summed E-state index contributed by atoms with van der Waals surface area (Å²) in [4.78, 5) is 11.8. The van der Waals surface area contributed by atoms with E-state index in [1.807, 2.05) is 4.72 Å². The van der Waals surface area contributed by atoms with Gasteiger partial charge in [-0.15, -0.1) is 0 Å². The number of carbonyl (C=O) groups excluding carboxylic acids is 1. The van der Waals surface area contributed by atoms with Gasteiger partial charge in [0.25, 0.3) is 10.0 Å². The van der Waals surface area contributed by atoms with Gasteiger partial charge in [-0.05, 0) is 51.5 Å². The molecule has 26 heavy (non-hydrogen) atoms. The molecule has 0 atom stereocenters. The maximum Gasteiger partial charge on any atom is 0.329 e. The first-order valence-electron chi connectivity index (χ1n) is 7.76. The Morgan fingerprint density at radius 1 is 1.31 bits per heavy atom. The van der Waals surface area contributed by atoms with Crippen LogP contribution in [0.3, 0.4) is 0 Å². The van der Waals surface area contributed by atoms with Gasteiger partial charge in [0.05, 0.1) is 0 Å². The SMILES string of the molecule is C=C/C(=C\C(=C)N)Oc1ccc(C)cc1S(=O)(=O)NC(=O)NC(C)(C)C. The van der Waals surface area contributed by atoms with Gasteiger partial charge < -0.3 is 15.8 Å². The number of sulfonamides is 1. The third-order valence-corrected chi connectivity index (χ3v) is 4.21. The number of carbonyl (C=O) groups is 1. The van der Waals surface area contributed by atoms with Crippen LogP contribution in [0.25, 0.3) is 0 Å². The fourth-order valence-corrected chi connectivity index (χ4v) is 3.01. The number of hydrogen-bond acceptors (Lipinski definition) is 5. The molecule has 0 fully saturated rings. The molecule has 0 heterocycles. The zero-order valence-electron chi connectivity index (χ0n) is 15.4. The fraction of sp³-hybridized carbons (Fsp3) is 0.278. The molecule has 0 aromatic heterocycles. The highest BCUT2D eigenvalue weighted by molar-refractivity contribution is 7.90. The second-order valence-electron chi connectivity index (χ2n) is 6.69. The van der Waals surface area contributed by atoms with Gasteiger partial charge in [0.2, 0.25) is 0 Å². The number of allylic oxidation sites excluding steroid dienone is 2. The molecule has 7 nitrogen and oxygen atoms in total. The van der Waals surface area contributed by atoms with Gasteiger partial charge in [-0.3, -0.25) is 0 Å². The first-order valence-corrected chi connectivity index (χ1v) is 9.24. The zero-order chi connectivity index (χ0) is 20.1. The standard InChI is InChI=1S/C18H25N3O4S/c1-7-14(11-13(3)19)25-15-9-8-12(2)10-16(15)26(23,24)21-17(22)20-18(4,5)6/h7-11H,1,3,19H2,2,4-6H3,(H2,20,21,22)/b14-11+. The van der Waals surface area contributed by atoms with Crippen molar-refractivity contribution in [3.63, 3.8) is 0 Å². The van der Waals surface area contributed by atoms with Gasteiger partial charge in [0.1, 0.15) is 16.4 Å². The van der Waals surface area contributed by atoms with Crippen molar-refractivity contribution in [1.29, 1.82) is 0 Å². The molecule has 1 aromatic rings. The predicted molar refractivity (Wildman–Crippen MR) is 102 cm³/mol. The molecule has 0 aliphatic rings. The second kappa shape index (κ2) is 8.09. The number of amides is 2. The summed E-state index contributed by atoms with van der Waals surface area (Å²) in [7, 11) is -4.17. The summed E-state index contributed by atoms with van der Waals surface area (Å²) in [6, 6.07) is 3.74. The van der Waals surface area contributed by atoms with E-state index >= 15 is 0 Å². The Hall–Kier alpha value is -2.74. The Balaban J connectivity index is 3.26. The van der Waals surface area contributed by atoms with E-state index < -0.39 is 21.6 Å². The summed E-state index contributed by atoms with van der Waals surface area (Å²) in [5.74, 6) is 0.246. The number of nitrogens with two attached hydrogens (primary N) is 1. The van der Waals surface area contributed by atoms with Gasteiger partial charge in [-0.1, -0.05) is 19.2 Å². The molecular formula is C18H25N3O4S. The van der Waals surface area contributed by atoms with Crippen LogP contribution in [0.2, 0.25) is 0 Å². The van der Waals surface area contributed by atoms with E-state index in [1.165, 1.54) is 24.3 Å². The summed E-state index contributed by atoms with van der Waals surface area (Å²) < 4.78 is 32.9. The lowest BCUT2D eigenvalue weighted by Gasteiger charge is -2.21. The van der Waals surface area contributed by atoms with E-state index in [9.17, 15) is 13.2 Å². The summed E-state index contributed by atoms with van der Waals surface area (Å²) in [6.45, 7) is 14.1. The van der Waals surface area contributed by atoms with Crippen LogP contribution >= 0.6 is 0 Å². The highest BCUT2D eigenvalue weighted by atomic mass is 32.2. The Morgan fingerprint density at radius 3 is 2.42 bits per heavy atom. The number of rotatable bonds is 6. The number of hydrogen-bond donors (Lipinski definition) is 3. The molecule has 4 N–H and O–H groups in total. The topological polar surface area (TPSA) is 111 Å². The summed E-state index contributed by atoms with van der Waals surface area (Å²) in [5, 5.41) is 2.53. The van der Waals surface area contributed by atoms with Crippen LogP contribution in [0.1, 0.15) is 26.3 Å². The molecule has 0 aliphatic carbocycles. The summed E-state index contributed by atoms with van der Waals surface area (Å²) in [5.41, 5.74) is 5.82. The van der Waals surface area contributed by atoms with Crippen LogP contribution in [0.5, 0.6) is 5.75 Å². The minimum Gasteiger partial charge on any atom is -0.456 e. The molecule has 0 saturated heterocycles. The van der Waals surface area contributed by atoms with Crippen molar-refractivity contribution >= 4 is 16.1 Å². The molecule has 0 saturated carbocycles. The second-order valence-corrected chi connectivity index (χ2v) is 8.34. The number of nitrogens with one attached hydrogen (secondary N) is 2. The van der Waals surface area contributed by atoms with E-state index in [0.29, 0.717) is 5.56 Å². The van der Waals surface area contributed by atoms with Crippen molar-refractivity contribution in [2.24, 2.45) is 5.73 Å². The quantitative estimate of drug-likeness (QED) is 0.520. The number of benzene rings is 1. The fourth-order valence-electron chi connectivity index (χ4n) is 1.89. The Kier molecular flexibility index (Phi) is 6.63. The first kappa shape index (κ1) is 21.3. The lowest BCUT2D eigenvalue weighted by Crippen LogP contribution is -2.48. The Morgan fingerprint density at radius 2 is 1.92 bits per heavy atom. The van der Waals surface area contributed by atoms with Gasteiger partial charge in [0.15, 0.2) is 0 Å². The van der Waals surface area contributed by atoms with Crippen molar-refractivity contribution in [2.75, 3.05) is 0 Å². The predicted octanol–water partition coefficient (Wildman–Crippen LogP) is 2.70. The lowest BCUT2D eigenvalue weighted by molar-refractivity contribution is 0.237. The van der Waals surface area contributed by atoms with E-state index in [1.54, 1.807) is 33.8 Å². The van der Waals surface area contributed by atoms with E-state index in [4.69, 9.17) is 10.5 Å². The molecular weight excluding hydrogens is 354 g/mol. The largest absolute Gasteiger partial charge is 0.456 e. The van der Waals surface area contributed by atoms with Crippen LogP contribution in [-0.2, 0) is 10.0 Å². The molecule has 0 unspecified atom stereocenters. The van der Waals surface area contributed by atoms with E-state index in [0.717, 1.165) is 0 Å². The molecule has 1 aromatic carbocycles. The average Bonchev–Trinajstić information content (AvgIpc) is 2.44. The molecule has 2 amide bonds. The highest BCUT2D eigenvalue weighted by Gasteiger charge is 2.25. The van der Waals surface area contributed by atoms with E-state index in [2.05, 4.69) is 18.5 Å². The van der Waals surface area contributed by atoms with Gasteiger partial charge in [0, 0.05) is 17.3 Å². The lowest BCUT2D eigenvalue weighted by atomic mass is 10.1. The number of urea groups is 1. The van der Waals surface area contributed by atoms with E-state index in [-0.39, 0.29) is 22.1 Å². The average molecular weight is 379 g/mol. The summed E-state index contributed by atoms with van der Waals surface area (Å²) in [6.07, 6.45) is 2.77. The third-order valence-electron chi connectivity index (χ3n) is 2.86. The molecule has 8 heteroatoms. The van der Waals surface area contributed by atoms with Crippen molar-refractivity contribution in [3.8, 4) is 5.75 Å². The van der Waals surface area contributed by atoms with Crippen LogP contribution < -0.4 is 20.5 Å². The zero-order valence-corrected chi connectivity index (χ0v) is 16.2.